The Morgan fingerprint density at radius 3 is 2.76 bits per heavy atom. The normalized spacial score (nSPS) is 12.5. The van der Waals surface area contributed by atoms with Crippen LogP contribution in [0.5, 0.6) is 0 Å². The summed E-state index contributed by atoms with van der Waals surface area (Å²) in [5.74, 6) is 1.45. The van der Waals surface area contributed by atoms with Crippen LogP contribution in [-0.2, 0) is 19.3 Å². The van der Waals surface area contributed by atoms with Gasteiger partial charge in [-0.1, -0.05) is 19.9 Å². The molecule has 0 bridgehead atoms. The Bertz CT molecular complexity index is 610. The van der Waals surface area contributed by atoms with Gasteiger partial charge in [0, 0.05) is 36.3 Å². The van der Waals surface area contributed by atoms with Crippen molar-refractivity contribution >= 4 is 52.6 Å². The van der Waals surface area contributed by atoms with E-state index in [1.807, 2.05) is 11.3 Å². The van der Waals surface area contributed by atoms with E-state index in [-0.39, 0.29) is 24.0 Å². The molecule has 0 spiro atoms. The quantitative estimate of drug-likeness (QED) is 0.311. The molecule has 0 radical (unpaired) electrons. The third kappa shape index (κ3) is 8.50. The molecule has 2 aromatic heterocycles. The van der Waals surface area contributed by atoms with Gasteiger partial charge in [0.2, 0.25) is 0 Å². The van der Waals surface area contributed by atoms with Gasteiger partial charge in [-0.15, -0.1) is 46.7 Å². The van der Waals surface area contributed by atoms with E-state index in [4.69, 9.17) is 4.99 Å². The van der Waals surface area contributed by atoms with Crippen molar-refractivity contribution in [1.29, 1.82) is 0 Å². The molecule has 0 fully saturated rings. The minimum absolute atomic E-state index is 0. The molecule has 0 aliphatic heterocycles. The van der Waals surface area contributed by atoms with E-state index in [1.54, 1.807) is 11.3 Å². The van der Waals surface area contributed by atoms with Gasteiger partial charge < -0.3 is 10.6 Å². The summed E-state index contributed by atoms with van der Waals surface area (Å²) >= 11 is 3.58. The van der Waals surface area contributed by atoms with Crippen LogP contribution in [0.3, 0.4) is 0 Å². The molecular weight excluding hydrogens is 463 g/mol. The minimum Gasteiger partial charge on any atom is -0.357 e. The molecule has 2 N–H and O–H groups in total. The number of rotatable bonds is 9. The van der Waals surface area contributed by atoms with Gasteiger partial charge in [0.25, 0.3) is 0 Å². The highest BCUT2D eigenvalue weighted by Gasteiger charge is 2.06. The van der Waals surface area contributed by atoms with Crippen molar-refractivity contribution in [2.24, 2.45) is 10.9 Å². The number of hydrogen-bond acceptors (Lipinski definition) is 4. The lowest BCUT2D eigenvalue weighted by molar-refractivity contribution is 0.595. The zero-order valence-corrected chi connectivity index (χ0v) is 19.2. The molecule has 140 valence electrons. The van der Waals surface area contributed by atoms with Crippen LogP contribution in [0.4, 0.5) is 0 Å². The van der Waals surface area contributed by atoms with Gasteiger partial charge in [0.05, 0.1) is 10.7 Å². The summed E-state index contributed by atoms with van der Waals surface area (Å²) < 4.78 is 0. The number of aliphatic imine (C=N–C) groups is 1. The zero-order chi connectivity index (χ0) is 17.2. The van der Waals surface area contributed by atoms with Crippen LogP contribution in [0.25, 0.3) is 0 Å². The summed E-state index contributed by atoms with van der Waals surface area (Å²) in [5, 5.41) is 12.3. The van der Waals surface area contributed by atoms with Crippen molar-refractivity contribution in [2.75, 3.05) is 19.6 Å². The van der Waals surface area contributed by atoms with Crippen molar-refractivity contribution in [3.63, 3.8) is 0 Å². The summed E-state index contributed by atoms with van der Waals surface area (Å²) in [6.07, 6.45) is 3.05. The van der Waals surface area contributed by atoms with Gasteiger partial charge in [0.15, 0.2) is 5.96 Å². The molecular formula is C18H29IN4S2. The van der Waals surface area contributed by atoms with Crippen LogP contribution in [0.1, 0.15) is 36.3 Å². The summed E-state index contributed by atoms with van der Waals surface area (Å²) in [6.45, 7) is 9.08. The van der Waals surface area contributed by atoms with E-state index < -0.39 is 0 Å². The highest BCUT2D eigenvalue weighted by molar-refractivity contribution is 14.0. The number of hydrogen-bond donors (Lipinski definition) is 2. The maximum atomic E-state index is 4.73. The molecule has 25 heavy (non-hydrogen) atoms. The summed E-state index contributed by atoms with van der Waals surface area (Å²) in [7, 11) is 0. The van der Waals surface area contributed by atoms with Gasteiger partial charge >= 0.3 is 0 Å². The number of nitrogens with zero attached hydrogens (tertiary/aromatic N) is 2. The lowest BCUT2D eigenvalue weighted by atomic mass is 10.1. The average molecular weight is 492 g/mol. The number of thiazole rings is 1. The molecule has 2 aromatic rings. The van der Waals surface area contributed by atoms with E-state index >= 15 is 0 Å². The zero-order valence-electron chi connectivity index (χ0n) is 15.2. The largest absolute Gasteiger partial charge is 0.357 e. The first kappa shape index (κ1) is 22.4. The Kier molecular flexibility index (Phi) is 11.3. The Morgan fingerprint density at radius 2 is 2.12 bits per heavy atom. The van der Waals surface area contributed by atoms with Crippen molar-refractivity contribution in [2.45, 2.75) is 40.0 Å². The first-order valence-corrected chi connectivity index (χ1v) is 10.4. The van der Waals surface area contributed by atoms with E-state index in [9.17, 15) is 0 Å². The fourth-order valence-corrected chi connectivity index (χ4v) is 4.01. The fraction of sp³-hybridized carbons (Fsp3) is 0.556. The van der Waals surface area contributed by atoms with Crippen LogP contribution in [0, 0.1) is 5.92 Å². The van der Waals surface area contributed by atoms with Crippen LogP contribution < -0.4 is 10.6 Å². The van der Waals surface area contributed by atoms with Gasteiger partial charge in [-0.2, -0.15) is 0 Å². The molecule has 2 rings (SSSR count). The van der Waals surface area contributed by atoms with Gasteiger partial charge in [-0.25, -0.2) is 4.98 Å². The third-order valence-corrected chi connectivity index (χ3v) is 5.55. The molecule has 1 unspecified atom stereocenters. The second-order valence-electron chi connectivity index (χ2n) is 5.87. The first-order chi connectivity index (χ1) is 11.7. The van der Waals surface area contributed by atoms with E-state index in [0.29, 0.717) is 5.92 Å². The van der Waals surface area contributed by atoms with Crippen molar-refractivity contribution in [3.8, 4) is 0 Å². The second-order valence-corrected chi connectivity index (χ2v) is 7.85. The fourth-order valence-electron chi connectivity index (χ4n) is 2.36. The highest BCUT2D eigenvalue weighted by Crippen LogP contribution is 2.14. The Hall–Kier alpha value is -0.670. The number of aromatic nitrogens is 1. The molecule has 2 heterocycles. The third-order valence-electron chi connectivity index (χ3n) is 3.61. The van der Waals surface area contributed by atoms with E-state index in [1.165, 1.54) is 15.6 Å². The number of nitrogens with one attached hydrogen (secondary N) is 2. The molecule has 7 heteroatoms. The van der Waals surface area contributed by atoms with Crippen LogP contribution in [0.2, 0.25) is 0 Å². The second kappa shape index (κ2) is 12.6. The Balaban J connectivity index is 0.00000312. The number of thiophene rings is 1. The lowest BCUT2D eigenvalue weighted by Crippen LogP contribution is -2.38. The Labute approximate surface area is 176 Å². The lowest BCUT2D eigenvalue weighted by Gasteiger charge is -2.13. The van der Waals surface area contributed by atoms with E-state index in [0.717, 1.165) is 44.9 Å². The van der Waals surface area contributed by atoms with Crippen molar-refractivity contribution in [3.05, 3.63) is 38.5 Å². The molecule has 0 aliphatic rings. The van der Waals surface area contributed by atoms with Gasteiger partial charge in [-0.05, 0) is 37.1 Å². The van der Waals surface area contributed by atoms with Crippen LogP contribution >= 0.6 is 46.7 Å². The molecule has 0 aliphatic carbocycles. The summed E-state index contributed by atoms with van der Waals surface area (Å²) in [4.78, 5) is 10.8. The summed E-state index contributed by atoms with van der Waals surface area (Å²) in [5.41, 5.74) is 1.17. The topological polar surface area (TPSA) is 49.3 Å². The minimum atomic E-state index is 0. The highest BCUT2D eigenvalue weighted by atomic mass is 127. The van der Waals surface area contributed by atoms with Gasteiger partial charge in [-0.3, -0.25) is 4.99 Å². The SMILES string of the molecule is CCNC(=NCC(C)Cc1cccs1)NCCc1csc(CC)n1.I. The molecule has 4 nitrogen and oxygen atoms in total. The predicted octanol–water partition coefficient (Wildman–Crippen LogP) is 4.36. The number of guanidine groups is 1. The van der Waals surface area contributed by atoms with Gasteiger partial charge in [0.1, 0.15) is 0 Å². The molecule has 1 atom stereocenters. The van der Waals surface area contributed by atoms with Crippen LogP contribution in [-0.4, -0.2) is 30.6 Å². The summed E-state index contributed by atoms with van der Waals surface area (Å²) in [6, 6.07) is 4.32. The number of halogens is 1. The molecule has 0 saturated heterocycles. The smallest absolute Gasteiger partial charge is 0.191 e. The maximum absolute atomic E-state index is 4.73. The Morgan fingerprint density at radius 1 is 1.28 bits per heavy atom. The maximum Gasteiger partial charge on any atom is 0.191 e. The average Bonchev–Trinajstić information content (AvgIpc) is 3.24. The predicted molar refractivity (Wildman–Crippen MR) is 122 cm³/mol. The van der Waals surface area contributed by atoms with Crippen molar-refractivity contribution in [1.82, 2.24) is 15.6 Å². The number of aryl methyl sites for hydroxylation is 1. The first-order valence-electron chi connectivity index (χ1n) is 8.69. The van der Waals surface area contributed by atoms with E-state index in [2.05, 4.69) is 59.3 Å². The van der Waals surface area contributed by atoms with Crippen LogP contribution in [0.15, 0.2) is 27.9 Å². The molecule has 0 amide bonds. The van der Waals surface area contributed by atoms with Crippen molar-refractivity contribution < 1.29 is 0 Å². The standard InChI is InChI=1S/C18H28N4S2.HI/c1-4-17-22-15(13-24-17)8-9-20-18(19-5-2)21-12-14(3)11-16-7-6-10-23-16;/h6-7,10,13-14H,4-5,8-9,11-12H2,1-3H3,(H2,19,20,21);1H. The molecule has 0 aromatic carbocycles. The monoisotopic (exact) mass is 492 g/mol. The molecule has 0 saturated carbocycles.